The van der Waals surface area contributed by atoms with Gasteiger partial charge < -0.3 is 14.2 Å². The van der Waals surface area contributed by atoms with Crippen LogP contribution in [0.3, 0.4) is 0 Å². The Labute approximate surface area is 129 Å². The fraction of sp³-hybridized carbons (Fsp3) is 0.438. The van der Waals surface area contributed by atoms with Crippen molar-refractivity contribution in [3.63, 3.8) is 0 Å². The van der Waals surface area contributed by atoms with Gasteiger partial charge >= 0.3 is 0 Å². The minimum Gasteiger partial charge on any atom is -0.438 e. The van der Waals surface area contributed by atoms with Gasteiger partial charge in [0.15, 0.2) is 6.39 Å². The zero-order valence-electron chi connectivity index (χ0n) is 12.9. The summed E-state index contributed by atoms with van der Waals surface area (Å²) in [6.07, 6.45) is 4.76. The van der Waals surface area contributed by atoms with Crippen molar-refractivity contribution < 1.29 is 9.21 Å². The molecule has 2 aromatic heterocycles. The van der Waals surface area contributed by atoms with E-state index in [1.807, 2.05) is 32.2 Å². The Bertz CT molecular complexity index is 641. The fourth-order valence-corrected chi connectivity index (χ4v) is 2.84. The normalized spacial score (nSPS) is 18.3. The van der Waals surface area contributed by atoms with Crippen molar-refractivity contribution in [2.75, 3.05) is 25.0 Å². The Morgan fingerprint density at radius 1 is 1.45 bits per heavy atom. The predicted molar refractivity (Wildman–Crippen MR) is 82.8 cm³/mol. The molecule has 6 nitrogen and oxygen atoms in total. The van der Waals surface area contributed by atoms with Gasteiger partial charge in [0.1, 0.15) is 5.82 Å². The van der Waals surface area contributed by atoms with Crippen molar-refractivity contribution in [3.8, 4) is 0 Å². The van der Waals surface area contributed by atoms with Crippen LogP contribution in [0.2, 0.25) is 0 Å². The van der Waals surface area contributed by atoms with Crippen LogP contribution in [0.4, 0.5) is 5.82 Å². The molecule has 1 aliphatic rings. The maximum Gasteiger partial charge on any atom is 0.291 e. The highest BCUT2D eigenvalue weighted by atomic mass is 16.3. The van der Waals surface area contributed by atoms with Crippen LogP contribution in [0.1, 0.15) is 29.1 Å². The van der Waals surface area contributed by atoms with Gasteiger partial charge in [-0.25, -0.2) is 9.97 Å². The standard InChI is InChI=1S/C16H20N4O2/c1-12-5-3-7-15(18-12)20-8-4-6-13(10-20)19(2)16(21)14-9-17-11-22-14/h3,5,7,9,11,13H,4,6,8,10H2,1-2H3/t13-/m0/s1. The number of oxazole rings is 1. The molecule has 116 valence electrons. The molecule has 0 N–H and O–H groups in total. The summed E-state index contributed by atoms with van der Waals surface area (Å²) in [5, 5.41) is 0. The maximum absolute atomic E-state index is 12.4. The Morgan fingerprint density at radius 2 is 2.32 bits per heavy atom. The van der Waals surface area contributed by atoms with Gasteiger partial charge in [0.2, 0.25) is 5.76 Å². The molecule has 1 fully saturated rings. The van der Waals surface area contributed by atoms with Crippen LogP contribution in [-0.4, -0.2) is 47.0 Å². The molecule has 6 heteroatoms. The van der Waals surface area contributed by atoms with E-state index in [0.29, 0.717) is 0 Å². The van der Waals surface area contributed by atoms with Gasteiger partial charge in [0, 0.05) is 31.9 Å². The van der Waals surface area contributed by atoms with Crippen molar-refractivity contribution in [1.29, 1.82) is 0 Å². The molecule has 0 bridgehead atoms. The lowest BCUT2D eigenvalue weighted by Crippen LogP contribution is -2.48. The van der Waals surface area contributed by atoms with E-state index in [1.54, 1.807) is 4.90 Å². The average Bonchev–Trinajstić information content (AvgIpc) is 3.08. The molecule has 0 unspecified atom stereocenters. The summed E-state index contributed by atoms with van der Waals surface area (Å²) in [6, 6.07) is 6.18. The lowest BCUT2D eigenvalue weighted by Gasteiger charge is -2.38. The number of rotatable bonds is 3. The number of hydrogen-bond donors (Lipinski definition) is 0. The highest BCUT2D eigenvalue weighted by Crippen LogP contribution is 2.21. The number of nitrogens with zero attached hydrogens (tertiary/aromatic N) is 4. The van der Waals surface area contributed by atoms with Crippen LogP contribution in [0.5, 0.6) is 0 Å². The summed E-state index contributed by atoms with van der Waals surface area (Å²) in [4.78, 5) is 24.7. The second-order valence-electron chi connectivity index (χ2n) is 5.66. The highest BCUT2D eigenvalue weighted by molar-refractivity contribution is 5.91. The van der Waals surface area contributed by atoms with E-state index in [2.05, 4.69) is 14.9 Å². The van der Waals surface area contributed by atoms with Crippen molar-refractivity contribution in [1.82, 2.24) is 14.9 Å². The first kappa shape index (κ1) is 14.6. The molecule has 0 aliphatic carbocycles. The third-order valence-electron chi connectivity index (χ3n) is 4.11. The van der Waals surface area contributed by atoms with Crippen molar-refractivity contribution in [2.45, 2.75) is 25.8 Å². The number of amides is 1. The van der Waals surface area contributed by atoms with E-state index >= 15 is 0 Å². The van der Waals surface area contributed by atoms with Gasteiger partial charge in [0.05, 0.1) is 6.20 Å². The molecule has 2 aromatic rings. The van der Waals surface area contributed by atoms with E-state index in [9.17, 15) is 4.79 Å². The van der Waals surface area contributed by atoms with E-state index in [4.69, 9.17) is 4.42 Å². The van der Waals surface area contributed by atoms with E-state index in [0.717, 1.165) is 37.4 Å². The fourth-order valence-electron chi connectivity index (χ4n) is 2.84. The lowest BCUT2D eigenvalue weighted by molar-refractivity contribution is 0.0685. The summed E-state index contributed by atoms with van der Waals surface area (Å²) >= 11 is 0. The third-order valence-corrected chi connectivity index (χ3v) is 4.11. The first-order valence-corrected chi connectivity index (χ1v) is 7.49. The summed E-state index contributed by atoms with van der Waals surface area (Å²) in [5.41, 5.74) is 1.01. The van der Waals surface area contributed by atoms with E-state index in [-0.39, 0.29) is 17.7 Å². The number of carbonyl (C=O) groups is 1. The van der Waals surface area contributed by atoms with Crippen LogP contribution in [0.25, 0.3) is 0 Å². The Hall–Kier alpha value is -2.37. The predicted octanol–water partition coefficient (Wildman–Crippen LogP) is 2.12. The quantitative estimate of drug-likeness (QED) is 0.869. The number of pyridine rings is 1. The number of aryl methyl sites for hydroxylation is 1. The second kappa shape index (κ2) is 6.17. The van der Waals surface area contributed by atoms with Gasteiger partial charge in [-0.3, -0.25) is 4.79 Å². The van der Waals surface area contributed by atoms with Gasteiger partial charge in [0.25, 0.3) is 5.91 Å². The second-order valence-corrected chi connectivity index (χ2v) is 5.66. The molecule has 0 saturated carbocycles. The van der Waals surface area contributed by atoms with Crippen LogP contribution in [0, 0.1) is 6.92 Å². The van der Waals surface area contributed by atoms with Gasteiger partial charge in [-0.1, -0.05) is 6.07 Å². The molecule has 1 aliphatic heterocycles. The SMILES string of the molecule is Cc1cccc(N2CCC[C@H](N(C)C(=O)c3cnco3)C2)n1. The number of aromatic nitrogens is 2. The topological polar surface area (TPSA) is 62.5 Å². The van der Waals surface area contributed by atoms with E-state index < -0.39 is 0 Å². The van der Waals surface area contributed by atoms with Crippen LogP contribution in [-0.2, 0) is 0 Å². The third kappa shape index (κ3) is 2.95. The summed E-state index contributed by atoms with van der Waals surface area (Å²) in [7, 11) is 1.82. The number of piperidine rings is 1. The smallest absolute Gasteiger partial charge is 0.291 e. The first-order valence-electron chi connectivity index (χ1n) is 7.49. The molecule has 0 radical (unpaired) electrons. The average molecular weight is 300 g/mol. The number of hydrogen-bond acceptors (Lipinski definition) is 5. The lowest BCUT2D eigenvalue weighted by atomic mass is 10.0. The minimum atomic E-state index is -0.124. The largest absolute Gasteiger partial charge is 0.438 e. The first-order chi connectivity index (χ1) is 10.6. The van der Waals surface area contributed by atoms with E-state index in [1.165, 1.54) is 12.6 Å². The van der Waals surface area contributed by atoms with Gasteiger partial charge in [-0.2, -0.15) is 0 Å². The minimum absolute atomic E-state index is 0.124. The van der Waals surface area contributed by atoms with Crippen LogP contribution in [0.15, 0.2) is 35.2 Å². The summed E-state index contributed by atoms with van der Waals surface area (Å²) < 4.78 is 5.11. The number of anilines is 1. The van der Waals surface area contributed by atoms with Crippen molar-refractivity contribution >= 4 is 11.7 Å². The molecule has 1 amide bonds. The van der Waals surface area contributed by atoms with Gasteiger partial charge in [-0.05, 0) is 31.9 Å². The number of carbonyl (C=O) groups excluding carboxylic acids is 1. The van der Waals surface area contributed by atoms with Crippen molar-refractivity contribution in [2.24, 2.45) is 0 Å². The molecule has 1 atom stereocenters. The molecular weight excluding hydrogens is 280 g/mol. The maximum atomic E-state index is 12.4. The molecule has 3 rings (SSSR count). The zero-order valence-corrected chi connectivity index (χ0v) is 12.9. The van der Waals surface area contributed by atoms with Crippen LogP contribution < -0.4 is 4.90 Å². The summed E-state index contributed by atoms with van der Waals surface area (Å²) in [6.45, 7) is 3.74. The van der Waals surface area contributed by atoms with Crippen molar-refractivity contribution in [3.05, 3.63) is 42.2 Å². The molecule has 1 saturated heterocycles. The summed E-state index contributed by atoms with van der Waals surface area (Å²) in [5.74, 6) is 1.14. The Balaban J connectivity index is 1.71. The Morgan fingerprint density at radius 3 is 3.05 bits per heavy atom. The zero-order chi connectivity index (χ0) is 15.5. The molecule has 0 spiro atoms. The molecule has 0 aromatic carbocycles. The highest BCUT2D eigenvalue weighted by Gasteiger charge is 2.28. The van der Waals surface area contributed by atoms with Gasteiger partial charge in [-0.15, -0.1) is 0 Å². The molecule has 3 heterocycles. The monoisotopic (exact) mass is 300 g/mol. The number of likely N-dealkylation sites (N-methyl/N-ethyl adjacent to an activating group) is 1. The molecular formula is C16H20N4O2. The Kier molecular flexibility index (Phi) is 4.09. The molecule has 22 heavy (non-hydrogen) atoms. The van der Waals surface area contributed by atoms with Crippen LogP contribution >= 0.6 is 0 Å².